The highest BCUT2D eigenvalue weighted by atomic mass is 16.2. The minimum Gasteiger partial charge on any atom is -0.326 e. The van der Waals surface area contributed by atoms with Gasteiger partial charge in [0.15, 0.2) is 0 Å². The first-order chi connectivity index (χ1) is 12.7. The van der Waals surface area contributed by atoms with Gasteiger partial charge in [0.25, 0.3) is 0 Å². The first-order valence-corrected chi connectivity index (χ1v) is 9.43. The molecule has 26 heavy (non-hydrogen) atoms. The molecule has 1 aromatic carbocycles. The second-order valence-electron chi connectivity index (χ2n) is 7.23. The van der Waals surface area contributed by atoms with Crippen LogP contribution >= 0.6 is 0 Å². The predicted molar refractivity (Wildman–Crippen MR) is 99.9 cm³/mol. The lowest BCUT2D eigenvalue weighted by atomic mass is 9.89. The molecule has 6 nitrogen and oxygen atoms in total. The van der Waals surface area contributed by atoms with Gasteiger partial charge in [-0.1, -0.05) is 31.0 Å². The molecule has 6 heteroatoms. The first kappa shape index (κ1) is 16.8. The maximum absolute atomic E-state index is 12.4. The summed E-state index contributed by atoms with van der Waals surface area (Å²) in [5.74, 6) is 0.555. The van der Waals surface area contributed by atoms with E-state index in [0.29, 0.717) is 25.3 Å². The van der Waals surface area contributed by atoms with Crippen molar-refractivity contribution in [2.45, 2.75) is 51.0 Å². The number of hydrogen-bond acceptors (Lipinski definition) is 3. The molecule has 2 aromatic rings. The summed E-state index contributed by atoms with van der Waals surface area (Å²) < 4.78 is 1.94. The average Bonchev–Trinajstić information content (AvgIpc) is 3.31. The predicted octanol–water partition coefficient (Wildman–Crippen LogP) is 3.53. The molecule has 2 N–H and O–H groups in total. The molecule has 4 rings (SSSR count). The zero-order valence-corrected chi connectivity index (χ0v) is 14.8. The van der Waals surface area contributed by atoms with Crippen molar-refractivity contribution < 1.29 is 9.59 Å². The molecule has 0 radical (unpaired) electrons. The number of para-hydroxylation sites is 1. The molecule has 2 aliphatic rings. The van der Waals surface area contributed by atoms with Gasteiger partial charge in [-0.15, -0.1) is 0 Å². The highest BCUT2D eigenvalue weighted by Gasteiger charge is 2.26. The Bertz CT molecular complexity index is 808. The molecule has 1 aliphatic carbocycles. The number of carbonyl (C=O) groups excluding carboxylic acids is 2. The number of carbonyl (C=O) groups is 2. The van der Waals surface area contributed by atoms with Gasteiger partial charge in [-0.3, -0.25) is 9.59 Å². The Morgan fingerprint density at radius 2 is 2.04 bits per heavy atom. The third kappa shape index (κ3) is 3.49. The van der Waals surface area contributed by atoms with Crippen molar-refractivity contribution in [3.8, 4) is 0 Å². The van der Waals surface area contributed by atoms with E-state index < -0.39 is 0 Å². The molecule has 2 amide bonds. The van der Waals surface area contributed by atoms with Crippen LogP contribution in [0.1, 0.15) is 50.1 Å². The van der Waals surface area contributed by atoms with Crippen LogP contribution in [0.15, 0.2) is 36.5 Å². The molecule has 1 fully saturated rings. The number of nitrogens with zero attached hydrogens (tertiary/aromatic N) is 2. The Labute approximate surface area is 153 Å². The van der Waals surface area contributed by atoms with Crippen molar-refractivity contribution in [2.75, 3.05) is 10.6 Å². The van der Waals surface area contributed by atoms with E-state index in [-0.39, 0.29) is 17.7 Å². The number of rotatable bonds is 5. The van der Waals surface area contributed by atoms with Crippen molar-refractivity contribution in [2.24, 2.45) is 5.92 Å². The van der Waals surface area contributed by atoms with Crippen LogP contribution in [0.5, 0.6) is 0 Å². The van der Waals surface area contributed by atoms with Gasteiger partial charge in [0.05, 0.1) is 12.2 Å². The number of hydrogen-bond donors (Lipinski definition) is 2. The molecule has 0 saturated heterocycles. The highest BCUT2D eigenvalue weighted by Crippen LogP contribution is 2.31. The van der Waals surface area contributed by atoms with Gasteiger partial charge in [0.1, 0.15) is 5.82 Å². The van der Waals surface area contributed by atoms with E-state index in [1.54, 1.807) is 6.20 Å². The number of fused-ring (bicyclic) bond motifs is 1. The normalized spacial score (nSPS) is 19.8. The number of nitrogens with one attached hydrogen (secondary N) is 2. The lowest BCUT2D eigenvalue weighted by molar-refractivity contribution is -0.121. The van der Waals surface area contributed by atoms with Crippen LogP contribution in [0.2, 0.25) is 0 Å². The largest absolute Gasteiger partial charge is 0.326 e. The smallest absolute Gasteiger partial charge is 0.227 e. The third-order valence-electron chi connectivity index (χ3n) is 5.44. The summed E-state index contributed by atoms with van der Waals surface area (Å²) in [4.78, 5) is 24.6. The van der Waals surface area contributed by atoms with Crippen LogP contribution in [0.25, 0.3) is 0 Å². The van der Waals surface area contributed by atoms with E-state index in [9.17, 15) is 9.59 Å². The SMILES string of the molecule is O=C(CCC1Cc2ccccc2NC1=O)Nc1ccnn1C1CCCC1. The van der Waals surface area contributed by atoms with Crippen LogP contribution in [-0.4, -0.2) is 21.6 Å². The Morgan fingerprint density at radius 3 is 2.88 bits per heavy atom. The quantitative estimate of drug-likeness (QED) is 0.864. The highest BCUT2D eigenvalue weighted by molar-refractivity contribution is 5.96. The lowest BCUT2D eigenvalue weighted by Crippen LogP contribution is -2.30. The van der Waals surface area contributed by atoms with E-state index in [2.05, 4.69) is 15.7 Å². The summed E-state index contributed by atoms with van der Waals surface area (Å²) >= 11 is 0. The minimum absolute atomic E-state index is 0.00694. The fourth-order valence-electron chi connectivity index (χ4n) is 4.01. The molecule has 0 bridgehead atoms. The molecule has 2 heterocycles. The van der Waals surface area contributed by atoms with Gasteiger partial charge in [0, 0.05) is 24.1 Å². The fourth-order valence-corrected chi connectivity index (χ4v) is 4.01. The number of aromatic nitrogens is 2. The second-order valence-corrected chi connectivity index (χ2v) is 7.23. The zero-order chi connectivity index (χ0) is 17.9. The van der Waals surface area contributed by atoms with E-state index in [4.69, 9.17) is 0 Å². The van der Waals surface area contributed by atoms with Crippen LogP contribution in [0.4, 0.5) is 11.5 Å². The summed E-state index contributed by atoms with van der Waals surface area (Å²) in [7, 11) is 0. The molecule has 1 atom stereocenters. The number of amides is 2. The Morgan fingerprint density at radius 1 is 1.23 bits per heavy atom. The number of anilines is 2. The molecule has 1 saturated carbocycles. The van der Waals surface area contributed by atoms with Crippen molar-refractivity contribution in [1.29, 1.82) is 0 Å². The van der Waals surface area contributed by atoms with Crippen LogP contribution in [-0.2, 0) is 16.0 Å². The standard InChI is InChI=1S/C20H24N4O2/c25-19(23-18-11-12-21-24(18)16-6-2-3-7-16)10-9-15-13-14-5-1-4-8-17(14)22-20(15)26/h1,4-5,8,11-12,15-16H,2-3,6-7,9-10,13H2,(H,22,26)(H,23,25). The Kier molecular flexibility index (Phi) is 4.73. The van der Waals surface area contributed by atoms with Crippen LogP contribution < -0.4 is 10.6 Å². The molecular weight excluding hydrogens is 328 g/mol. The van der Waals surface area contributed by atoms with Crippen molar-refractivity contribution in [3.05, 3.63) is 42.1 Å². The Hall–Kier alpha value is -2.63. The molecule has 1 unspecified atom stereocenters. The zero-order valence-electron chi connectivity index (χ0n) is 14.8. The van der Waals surface area contributed by atoms with Crippen molar-refractivity contribution in [3.63, 3.8) is 0 Å². The van der Waals surface area contributed by atoms with Crippen LogP contribution in [0.3, 0.4) is 0 Å². The lowest BCUT2D eigenvalue weighted by Gasteiger charge is -2.24. The van der Waals surface area contributed by atoms with E-state index in [1.165, 1.54) is 12.8 Å². The molecular formula is C20H24N4O2. The van der Waals surface area contributed by atoms with Gasteiger partial charge < -0.3 is 10.6 Å². The molecule has 1 aromatic heterocycles. The molecule has 0 spiro atoms. The first-order valence-electron chi connectivity index (χ1n) is 9.43. The average molecular weight is 352 g/mol. The monoisotopic (exact) mass is 352 g/mol. The van der Waals surface area contributed by atoms with Gasteiger partial charge in [-0.25, -0.2) is 4.68 Å². The Balaban J connectivity index is 1.33. The maximum Gasteiger partial charge on any atom is 0.227 e. The summed E-state index contributed by atoms with van der Waals surface area (Å²) in [6.07, 6.45) is 7.97. The third-order valence-corrected chi connectivity index (χ3v) is 5.44. The minimum atomic E-state index is -0.157. The van der Waals surface area contributed by atoms with E-state index in [1.807, 2.05) is 35.0 Å². The fraction of sp³-hybridized carbons (Fsp3) is 0.450. The molecule has 136 valence electrons. The summed E-state index contributed by atoms with van der Waals surface area (Å²) in [6, 6.07) is 10.1. The summed E-state index contributed by atoms with van der Waals surface area (Å²) in [5.41, 5.74) is 2.02. The van der Waals surface area contributed by atoms with Gasteiger partial charge in [0.2, 0.25) is 11.8 Å². The molecule has 1 aliphatic heterocycles. The maximum atomic E-state index is 12.4. The van der Waals surface area contributed by atoms with Gasteiger partial charge >= 0.3 is 0 Å². The second kappa shape index (κ2) is 7.32. The van der Waals surface area contributed by atoms with Crippen molar-refractivity contribution >= 4 is 23.3 Å². The number of benzene rings is 1. The van der Waals surface area contributed by atoms with Crippen LogP contribution in [0, 0.1) is 5.92 Å². The van der Waals surface area contributed by atoms with Crippen molar-refractivity contribution in [1.82, 2.24) is 9.78 Å². The van der Waals surface area contributed by atoms with E-state index in [0.717, 1.165) is 29.9 Å². The summed E-state index contributed by atoms with van der Waals surface area (Å²) in [5, 5.41) is 10.3. The van der Waals surface area contributed by atoms with Gasteiger partial charge in [-0.05, 0) is 37.3 Å². The van der Waals surface area contributed by atoms with Gasteiger partial charge in [-0.2, -0.15) is 5.10 Å². The topological polar surface area (TPSA) is 76.0 Å². The van der Waals surface area contributed by atoms with E-state index >= 15 is 0 Å². The summed E-state index contributed by atoms with van der Waals surface area (Å²) in [6.45, 7) is 0.